The molecular formula is C18H18BrF3N4O2. The van der Waals surface area contributed by atoms with Crippen molar-refractivity contribution in [1.82, 2.24) is 14.7 Å². The average Bonchev–Trinajstić information content (AvgIpc) is 3.11. The highest BCUT2D eigenvalue weighted by molar-refractivity contribution is 9.10. The number of nitrogens with zero attached hydrogens (tertiary/aromatic N) is 3. The lowest BCUT2D eigenvalue weighted by Crippen LogP contribution is -2.41. The number of nitrogens with one attached hydrogen (secondary N) is 1. The normalized spacial score (nSPS) is 22.5. The van der Waals surface area contributed by atoms with Crippen LogP contribution in [0.2, 0.25) is 0 Å². The number of alkyl halides is 3. The molecule has 1 fully saturated rings. The molecule has 0 spiro atoms. The Balaban J connectivity index is 1.70. The highest BCUT2D eigenvalue weighted by Crippen LogP contribution is 2.44. The Morgan fingerprint density at radius 1 is 1.21 bits per heavy atom. The van der Waals surface area contributed by atoms with E-state index in [9.17, 15) is 18.0 Å². The van der Waals surface area contributed by atoms with Crippen LogP contribution in [-0.2, 0) is 4.74 Å². The van der Waals surface area contributed by atoms with Gasteiger partial charge in [0.2, 0.25) is 0 Å². The zero-order chi connectivity index (χ0) is 19.9. The standard InChI is InChI=1S/C18H18BrF3N4O2/c19-12-3-1-11(2-4-12)14-9-15(18(20,21)22)26-16(24-14)13(10-23-26)17(27)25-5-7-28-8-6-25/h1-4,10,14-15,24H,5-9H2/t14-,15-/m0/s1. The van der Waals surface area contributed by atoms with Crippen LogP contribution in [0.4, 0.5) is 19.0 Å². The predicted molar refractivity (Wildman–Crippen MR) is 99.2 cm³/mol. The molecule has 0 saturated carbocycles. The van der Waals surface area contributed by atoms with Gasteiger partial charge in [-0.05, 0) is 17.7 Å². The highest BCUT2D eigenvalue weighted by atomic mass is 79.9. The monoisotopic (exact) mass is 458 g/mol. The second-order valence-electron chi connectivity index (χ2n) is 6.80. The first kappa shape index (κ1) is 19.3. The topological polar surface area (TPSA) is 59.4 Å². The van der Waals surface area contributed by atoms with Crippen LogP contribution >= 0.6 is 15.9 Å². The van der Waals surface area contributed by atoms with Crippen LogP contribution in [0.5, 0.6) is 0 Å². The predicted octanol–water partition coefficient (Wildman–Crippen LogP) is 3.78. The molecule has 10 heteroatoms. The summed E-state index contributed by atoms with van der Waals surface area (Å²) in [4.78, 5) is 14.4. The van der Waals surface area contributed by atoms with Gasteiger partial charge in [0, 0.05) is 24.0 Å². The number of anilines is 1. The van der Waals surface area contributed by atoms with E-state index in [2.05, 4.69) is 26.3 Å². The lowest BCUT2D eigenvalue weighted by molar-refractivity contribution is -0.173. The molecule has 2 aromatic rings. The van der Waals surface area contributed by atoms with Crippen molar-refractivity contribution in [2.45, 2.75) is 24.7 Å². The average molecular weight is 459 g/mol. The molecule has 4 rings (SSSR count). The van der Waals surface area contributed by atoms with Crippen molar-refractivity contribution in [3.05, 3.63) is 46.1 Å². The third-order valence-electron chi connectivity index (χ3n) is 5.04. The molecule has 2 aliphatic heterocycles. The van der Waals surface area contributed by atoms with Gasteiger partial charge in [-0.1, -0.05) is 28.1 Å². The van der Waals surface area contributed by atoms with E-state index in [-0.39, 0.29) is 23.7 Å². The highest BCUT2D eigenvalue weighted by Gasteiger charge is 2.47. The fraction of sp³-hybridized carbons (Fsp3) is 0.444. The Bertz CT molecular complexity index is 863. The van der Waals surface area contributed by atoms with Gasteiger partial charge in [0.1, 0.15) is 11.4 Å². The van der Waals surface area contributed by atoms with Gasteiger partial charge in [0.25, 0.3) is 5.91 Å². The van der Waals surface area contributed by atoms with Crippen LogP contribution in [0.15, 0.2) is 34.9 Å². The summed E-state index contributed by atoms with van der Waals surface area (Å²) in [6.45, 7) is 1.63. The molecule has 6 nitrogen and oxygen atoms in total. The van der Waals surface area contributed by atoms with Gasteiger partial charge in [0.05, 0.1) is 25.5 Å². The Kier molecular flexibility index (Phi) is 5.09. The molecular weight excluding hydrogens is 441 g/mol. The van der Waals surface area contributed by atoms with Crippen LogP contribution in [0.1, 0.15) is 34.4 Å². The Hall–Kier alpha value is -2.07. The second kappa shape index (κ2) is 7.40. The molecule has 28 heavy (non-hydrogen) atoms. The summed E-state index contributed by atoms with van der Waals surface area (Å²) in [5.41, 5.74) is 0.868. The third kappa shape index (κ3) is 3.62. The van der Waals surface area contributed by atoms with Crippen molar-refractivity contribution in [3.63, 3.8) is 0 Å². The number of ether oxygens (including phenoxy) is 1. The maximum absolute atomic E-state index is 13.7. The Labute approximate surface area is 167 Å². The number of carbonyl (C=O) groups excluding carboxylic acids is 1. The summed E-state index contributed by atoms with van der Waals surface area (Å²) in [6, 6.07) is 4.72. The summed E-state index contributed by atoms with van der Waals surface area (Å²) in [6.07, 6.45) is -3.45. The van der Waals surface area contributed by atoms with E-state index >= 15 is 0 Å². The van der Waals surface area contributed by atoms with Gasteiger partial charge in [-0.2, -0.15) is 18.3 Å². The largest absolute Gasteiger partial charge is 0.410 e. The van der Waals surface area contributed by atoms with Gasteiger partial charge in [-0.15, -0.1) is 0 Å². The molecule has 3 heterocycles. The number of hydrogen-bond acceptors (Lipinski definition) is 4. The van der Waals surface area contributed by atoms with E-state index < -0.39 is 18.3 Å². The van der Waals surface area contributed by atoms with Crippen molar-refractivity contribution in [3.8, 4) is 0 Å². The van der Waals surface area contributed by atoms with Crippen molar-refractivity contribution >= 4 is 27.7 Å². The van der Waals surface area contributed by atoms with Crippen molar-refractivity contribution < 1.29 is 22.7 Å². The number of hydrogen-bond donors (Lipinski definition) is 1. The summed E-state index contributed by atoms with van der Waals surface area (Å²) in [7, 11) is 0. The van der Waals surface area contributed by atoms with Gasteiger partial charge in [-0.25, -0.2) is 4.68 Å². The molecule has 0 radical (unpaired) electrons. The third-order valence-corrected chi connectivity index (χ3v) is 5.57. The summed E-state index contributed by atoms with van der Waals surface area (Å²) < 4.78 is 48.2. The van der Waals surface area contributed by atoms with Gasteiger partial charge in [0.15, 0.2) is 6.04 Å². The molecule has 1 aromatic carbocycles. The number of fused-ring (bicyclic) bond motifs is 1. The number of aromatic nitrogens is 2. The number of halogens is 4. The minimum Gasteiger partial charge on any atom is -0.378 e. The maximum Gasteiger partial charge on any atom is 0.410 e. The van der Waals surface area contributed by atoms with Crippen molar-refractivity contribution in [1.29, 1.82) is 0 Å². The van der Waals surface area contributed by atoms with E-state index in [1.165, 1.54) is 6.20 Å². The van der Waals surface area contributed by atoms with E-state index in [0.29, 0.717) is 26.3 Å². The molecule has 0 bridgehead atoms. The number of rotatable bonds is 2. The fourth-order valence-corrected chi connectivity index (χ4v) is 3.83. The SMILES string of the molecule is O=C(c1cnn2c1N[C@H](c1ccc(Br)cc1)C[C@H]2C(F)(F)F)N1CCOCC1. The van der Waals surface area contributed by atoms with Crippen LogP contribution < -0.4 is 5.32 Å². The molecule has 1 N–H and O–H groups in total. The van der Waals surface area contributed by atoms with Gasteiger partial charge >= 0.3 is 6.18 Å². The molecule has 1 aromatic heterocycles. The first-order valence-electron chi connectivity index (χ1n) is 8.88. The maximum atomic E-state index is 13.7. The van der Waals surface area contributed by atoms with E-state index in [0.717, 1.165) is 14.7 Å². The molecule has 1 saturated heterocycles. The van der Waals surface area contributed by atoms with E-state index in [1.807, 2.05) is 0 Å². The van der Waals surface area contributed by atoms with Crippen LogP contribution in [0, 0.1) is 0 Å². The fourth-order valence-electron chi connectivity index (χ4n) is 3.57. The van der Waals surface area contributed by atoms with Gasteiger partial charge < -0.3 is 15.0 Å². The van der Waals surface area contributed by atoms with Crippen LogP contribution in [0.3, 0.4) is 0 Å². The Morgan fingerprint density at radius 3 is 2.54 bits per heavy atom. The smallest absolute Gasteiger partial charge is 0.378 e. The van der Waals surface area contributed by atoms with E-state index in [4.69, 9.17) is 4.74 Å². The van der Waals surface area contributed by atoms with Crippen molar-refractivity contribution in [2.24, 2.45) is 0 Å². The number of amides is 1. The molecule has 150 valence electrons. The first-order chi connectivity index (χ1) is 13.3. The summed E-state index contributed by atoms with van der Waals surface area (Å²) in [5, 5.41) is 7.02. The quantitative estimate of drug-likeness (QED) is 0.743. The van der Waals surface area contributed by atoms with E-state index in [1.54, 1.807) is 29.2 Å². The zero-order valence-electron chi connectivity index (χ0n) is 14.7. The number of morpholine rings is 1. The van der Waals surface area contributed by atoms with Gasteiger partial charge in [-0.3, -0.25) is 4.79 Å². The number of carbonyl (C=O) groups is 1. The molecule has 0 aliphatic carbocycles. The van der Waals surface area contributed by atoms with Crippen LogP contribution in [0.25, 0.3) is 0 Å². The molecule has 2 atom stereocenters. The lowest BCUT2D eigenvalue weighted by atomic mass is 9.96. The molecule has 1 amide bonds. The lowest BCUT2D eigenvalue weighted by Gasteiger charge is -2.34. The molecule has 0 unspecified atom stereocenters. The minimum atomic E-state index is -4.48. The second-order valence-corrected chi connectivity index (χ2v) is 7.71. The Morgan fingerprint density at radius 2 is 1.89 bits per heavy atom. The molecule has 2 aliphatic rings. The minimum absolute atomic E-state index is 0.109. The summed E-state index contributed by atoms with van der Waals surface area (Å²) >= 11 is 3.33. The number of benzene rings is 1. The first-order valence-corrected chi connectivity index (χ1v) is 9.67. The zero-order valence-corrected chi connectivity index (χ0v) is 16.3. The van der Waals surface area contributed by atoms with Crippen LogP contribution in [-0.4, -0.2) is 53.1 Å². The summed E-state index contributed by atoms with van der Waals surface area (Å²) in [5.74, 6) is -0.229. The van der Waals surface area contributed by atoms with Crippen molar-refractivity contribution in [2.75, 3.05) is 31.6 Å².